The summed E-state index contributed by atoms with van der Waals surface area (Å²) in [6, 6.07) is 13.3. The first-order chi connectivity index (χ1) is 9.91. The smallest absolute Gasteiger partial charge is 0.263 e. The summed E-state index contributed by atoms with van der Waals surface area (Å²) in [6.45, 7) is 5.72. The van der Waals surface area contributed by atoms with Gasteiger partial charge in [0.25, 0.3) is 10.0 Å². The quantitative estimate of drug-likeness (QED) is 0.852. The fourth-order valence-electron chi connectivity index (χ4n) is 2.99. The van der Waals surface area contributed by atoms with E-state index < -0.39 is 10.0 Å². The number of aryl methyl sites for hydroxylation is 2. The summed E-state index contributed by atoms with van der Waals surface area (Å²) in [6.07, 6.45) is 0.764. The Bertz CT molecular complexity index is 796. The van der Waals surface area contributed by atoms with Crippen LogP contribution in [0.1, 0.15) is 23.6 Å². The predicted molar refractivity (Wildman–Crippen MR) is 85.2 cm³/mol. The number of para-hydroxylation sites is 1. The number of sulfonamides is 1. The van der Waals surface area contributed by atoms with Crippen LogP contribution in [0.2, 0.25) is 0 Å². The van der Waals surface area contributed by atoms with E-state index in [1.54, 1.807) is 10.4 Å². The standard InChI is InChI=1S/C17H19NO2S/c1-12-8-9-13(2)17(10-12)21(19,20)18-14(3)11-15-6-4-5-7-16(15)18/h4-10,14H,11H2,1-3H3. The zero-order chi connectivity index (χ0) is 15.2. The maximum absolute atomic E-state index is 13.1. The zero-order valence-corrected chi connectivity index (χ0v) is 13.3. The fourth-order valence-corrected chi connectivity index (χ4v) is 5.00. The van der Waals surface area contributed by atoms with Crippen LogP contribution in [0.5, 0.6) is 0 Å². The van der Waals surface area contributed by atoms with Gasteiger partial charge in [-0.15, -0.1) is 0 Å². The van der Waals surface area contributed by atoms with Crippen LogP contribution in [0, 0.1) is 13.8 Å². The van der Waals surface area contributed by atoms with Gasteiger partial charge >= 0.3 is 0 Å². The number of hydrogen-bond acceptors (Lipinski definition) is 2. The Kier molecular flexibility index (Phi) is 3.29. The molecule has 0 amide bonds. The normalized spacial score (nSPS) is 17.9. The van der Waals surface area contributed by atoms with Gasteiger partial charge in [-0.05, 0) is 56.0 Å². The fraction of sp³-hybridized carbons (Fsp3) is 0.294. The molecule has 0 bridgehead atoms. The van der Waals surface area contributed by atoms with Gasteiger partial charge in [0.15, 0.2) is 0 Å². The van der Waals surface area contributed by atoms with Gasteiger partial charge in [0, 0.05) is 6.04 Å². The molecule has 1 heterocycles. The van der Waals surface area contributed by atoms with Crippen molar-refractivity contribution in [2.45, 2.75) is 38.1 Å². The lowest BCUT2D eigenvalue weighted by molar-refractivity contribution is 0.583. The van der Waals surface area contributed by atoms with Crippen LogP contribution in [-0.2, 0) is 16.4 Å². The molecule has 110 valence electrons. The first kappa shape index (κ1) is 14.1. The van der Waals surface area contributed by atoms with Gasteiger partial charge in [-0.2, -0.15) is 0 Å². The van der Waals surface area contributed by atoms with Crippen LogP contribution in [-0.4, -0.2) is 14.5 Å². The molecular formula is C17H19NO2S. The van der Waals surface area contributed by atoms with Gasteiger partial charge in [-0.25, -0.2) is 8.42 Å². The second-order valence-corrected chi connectivity index (χ2v) is 7.54. The van der Waals surface area contributed by atoms with Crippen molar-refractivity contribution in [3.05, 3.63) is 59.2 Å². The lowest BCUT2D eigenvalue weighted by atomic mass is 10.1. The summed E-state index contributed by atoms with van der Waals surface area (Å²) in [5, 5.41) is 0. The summed E-state index contributed by atoms with van der Waals surface area (Å²) < 4.78 is 27.8. The van der Waals surface area contributed by atoms with Crippen LogP contribution < -0.4 is 4.31 Å². The molecule has 0 N–H and O–H groups in total. The van der Waals surface area contributed by atoms with E-state index in [1.807, 2.05) is 57.2 Å². The highest BCUT2D eigenvalue weighted by atomic mass is 32.2. The molecule has 2 aromatic carbocycles. The van der Waals surface area contributed by atoms with E-state index in [0.29, 0.717) is 4.90 Å². The molecule has 0 aliphatic carbocycles. The maximum Gasteiger partial charge on any atom is 0.264 e. The molecule has 0 fully saturated rings. The van der Waals surface area contributed by atoms with Crippen molar-refractivity contribution in [2.24, 2.45) is 0 Å². The third-order valence-corrected chi connectivity index (χ3v) is 6.10. The van der Waals surface area contributed by atoms with Crippen molar-refractivity contribution in [1.29, 1.82) is 0 Å². The Hall–Kier alpha value is -1.81. The van der Waals surface area contributed by atoms with Gasteiger partial charge < -0.3 is 0 Å². The van der Waals surface area contributed by atoms with Crippen molar-refractivity contribution in [3.63, 3.8) is 0 Å². The molecule has 0 saturated heterocycles. The Labute approximate surface area is 126 Å². The van der Waals surface area contributed by atoms with Crippen LogP contribution in [0.4, 0.5) is 5.69 Å². The topological polar surface area (TPSA) is 37.4 Å². The van der Waals surface area contributed by atoms with Crippen LogP contribution in [0.15, 0.2) is 47.4 Å². The minimum Gasteiger partial charge on any atom is -0.263 e. The zero-order valence-electron chi connectivity index (χ0n) is 12.5. The van der Waals surface area contributed by atoms with Gasteiger partial charge in [0.05, 0.1) is 10.6 Å². The number of anilines is 1. The molecule has 3 nitrogen and oxygen atoms in total. The van der Waals surface area contributed by atoms with Gasteiger partial charge in [-0.1, -0.05) is 30.3 Å². The molecule has 2 aromatic rings. The molecule has 0 spiro atoms. The average Bonchev–Trinajstić information content (AvgIpc) is 2.77. The van der Waals surface area contributed by atoms with E-state index in [9.17, 15) is 8.42 Å². The van der Waals surface area contributed by atoms with E-state index in [0.717, 1.165) is 28.8 Å². The summed E-state index contributed by atoms with van der Waals surface area (Å²) in [4.78, 5) is 0.408. The highest BCUT2D eigenvalue weighted by Crippen LogP contribution is 2.37. The number of benzene rings is 2. The molecule has 1 atom stereocenters. The first-order valence-electron chi connectivity index (χ1n) is 7.11. The number of hydrogen-bond donors (Lipinski definition) is 0. The lowest BCUT2D eigenvalue weighted by Gasteiger charge is -2.25. The SMILES string of the molecule is Cc1ccc(C)c(S(=O)(=O)N2c3ccccc3CC2C)c1. The Morgan fingerprint density at radius 1 is 1.10 bits per heavy atom. The molecular weight excluding hydrogens is 282 g/mol. The monoisotopic (exact) mass is 301 g/mol. The Balaban J connectivity index is 2.17. The third kappa shape index (κ3) is 2.23. The molecule has 1 aliphatic heterocycles. The molecule has 21 heavy (non-hydrogen) atoms. The third-order valence-electron chi connectivity index (χ3n) is 4.03. The van der Waals surface area contributed by atoms with Crippen LogP contribution >= 0.6 is 0 Å². The van der Waals surface area contributed by atoms with Crippen molar-refractivity contribution >= 4 is 15.7 Å². The lowest BCUT2D eigenvalue weighted by Crippen LogP contribution is -2.36. The van der Waals surface area contributed by atoms with Gasteiger partial charge in [-0.3, -0.25) is 4.31 Å². The molecule has 0 saturated carbocycles. The minimum absolute atomic E-state index is 0.0488. The highest BCUT2D eigenvalue weighted by Gasteiger charge is 2.36. The van der Waals surface area contributed by atoms with Crippen molar-refractivity contribution in [3.8, 4) is 0 Å². The van der Waals surface area contributed by atoms with E-state index in [2.05, 4.69) is 0 Å². The van der Waals surface area contributed by atoms with E-state index >= 15 is 0 Å². The largest absolute Gasteiger partial charge is 0.264 e. The number of nitrogens with zero attached hydrogens (tertiary/aromatic N) is 1. The molecule has 0 radical (unpaired) electrons. The van der Waals surface area contributed by atoms with Crippen molar-refractivity contribution in [2.75, 3.05) is 4.31 Å². The molecule has 0 aromatic heterocycles. The number of rotatable bonds is 2. The summed E-state index contributed by atoms with van der Waals surface area (Å²) in [5.41, 5.74) is 3.65. The molecule has 4 heteroatoms. The Morgan fingerprint density at radius 2 is 1.81 bits per heavy atom. The number of fused-ring (bicyclic) bond motifs is 1. The van der Waals surface area contributed by atoms with E-state index in [-0.39, 0.29) is 6.04 Å². The van der Waals surface area contributed by atoms with E-state index in [4.69, 9.17) is 0 Å². The summed E-state index contributed by atoms with van der Waals surface area (Å²) >= 11 is 0. The predicted octanol–water partition coefficient (Wildman–Crippen LogP) is 3.44. The van der Waals surface area contributed by atoms with E-state index in [1.165, 1.54) is 0 Å². The molecule has 1 aliphatic rings. The average molecular weight is 301 g/mol. The van der Waals surface area contributed by atoms with Crippen molar-refractivity contribution < 1.29 is 8.42 Å². The minimum atomic E-state index is -3.52. The van der Waals surface area contributed by atoms with Crippen LogP contribution in [0.25, 0.3) is 0 Å². The summed E-state index contributed by atoms with van der Waals surface area (Å²) in [7, 11) is -3.52. The highest BCUT2D eigenvalue weighted by molar-refractivity contribution is 7.93. The first-order valence-corrected chi connectivity index (χ1v) is 8.55. The maximum atomic E-state index is 13.1. The Morgan fingerprint density at radius 3 is 2.57 bits per heavy atom. The molecule has 1 unspecified atom stereocenters. The van der Waals surface area contributed by atoms with Gasteiger partial charge in [0.1, 0.15) is 0 Å². The summed E-state index contributed by atoms with van der Waals surface area (Å²) in [5.74, 6) is 0. The second-order valence-electron chi connectivity index (χ2n) is 5.75. The molecule has 3 rings (SSSR count). The second kappa shape index (κ2) is 4.88. The van der Waals surface area contributed by atoms with Crippen molar-refractivity contribution in [1.82, 2.24) is 0 Å². The van der Waals surface area contributed by atoms with Gasteiger partial charge in [0.2, 0.25) is 0 Å². The van der Waals surface area contributed by atoms with Crippen LogP contribution in [0.3, 0.4) is 0 Å².